The van der Waals surface area contributed by atoms with Crippen molar-refractivity contribution in [2.24, 2.45) is 0 Å². The molecule has 3 atom stereocenters. The van der Waals surface area contributed by atoms with Gasteiger partial charge in [0, 0.05) is 12.4 Å². The number of rotatable bonds is 2. The number of aliphatic hydroxyl groups excluding tert-OH is 2. The molecule has 1 aromatic rings. The molecule has 0 saturated carbocycles. The fourth-order valence-electron chi connectivity index (χ4n) is 1.81. The van der Waals surface area contributed by atoms with E-state index in [0.29, 0.717) is 0 Å². The van der Waals surface area contributed by atoms with Gasteiger partial charge in [0.25, 0.3) is 0 Å². The Labute approximate surface area is 86.1 Å². The van der Waals surface area contributed by atoms with Crippen molar-refractivity contribution < 1.29 is 19.3 Å². The maximum atomic E-state index is 13.8. The molecule has 2 N–H and O–H groups in total. The van der Waals surface area contributed by atoms with Crippen LogP contribution in [0.4, 0.5) is 4.39 Å². The lowest BCUT2D eigenvalue weighted by molar-refractivity contribution is -0.153. The van der Waals surface area contributed by atoms with E-state index in [1.807, 2.05) is 0 Å². The van der Waals surface area contributed by atoms with Gasteiger partial charge in [-0.3, -0.25) is 0 Å². The summed E-state index contributed by atoms with van der Waals surface area (Å²) in [7, 11) is 0. The van der Waals surface area contributed by atoms with Crippen LogP contribution in [0.2, 0.25) is 0 Å². The fourth-order valence-corrected chi connectivity index (χ4v) is 1.81. The number of hydrogen-bond donors (Lipinski definition) is 2. The summed E-state index contributed by atoms with van der Waals surface area (Å²) >= 11 is 0. The highest BCUT2D eigenvalue weighted by atomic mass is 19.1. The van der Waals surface area contributed by atoms with Crippen LogP contribution in [0.1, 0.15) is 6.92 Å². The molecule has 6 heteroatoms. The second-order valence-corrected chi connectivity index (χ2v) is 3.94. The summed E-state index contributed by atoms with van der Waals surface area (Å²) in [6, 6.07) is 0. The van der Waals surface area contributed by atoms with Gasteiger partial charge < -0.3 is 19.5 Å². The van der Waals surface area contributed by atoms with Gasteiger partial charge in [0.05, 0.1) is 19.5 Å². The van der Waals surface area contributed by atoms with Gasteiger partial charge in [-0.2, -0.15) is 0 Å². The number of aliphatic hydroxyl groups is 2. The molecule has 3 unspecified atom stereocenters. The summed E-state index contributed by atoms with van der Waals surface area (Å²) in [4.78, 5) is 3.78. The topological polar surface area (TPSA) is 67.5 Å². The first-order valence-electron chi connectivity index (χ1n) is 4.63. The van der Waals surface area contributed by atoms with E-state index in [2.05, 4.69) is 4.98 Å². The first-order valence-corrected chi connectivity index (χ1v) is 4.63. The van der Waals surface area contributed by atoms with Crippen molar-refractivity contribution in [3.63, 3.8) is 0 Å². The monoisotopic (exact) mass is 216 g/mol. The largest absolute Gasteiger partial charge is 0.391 e. The maximum Gasteiger partial charge on any atom is 0.198 e. The van der Waals surface area contributed by atoms with Gasteiger partial charge in [0.1, 0.15) is 6.10 Å². The average molecular weight is 216 g/mol. The van der Waals surface area contributed by atoms with Gasteiger partial charge in [-0.25, -0.2) is 9.37 Å². The van der Waals surface area contributed by atoms with Crippen LogP contribution in [0.3, 0.4) is 0 Å². The van der Waals surface area contributed by atoms with Crippen molar-refractivity contribution in [2.45, 2.75) is 24.4 Å². The Morgan fingerprint density at radius 3 is 2.87 bits per heavy atom. The molecule has 2 rings (SSSR count). The molecule has 5 nitrogen and oxygen atoms in total. The first-order chi connectivity index (χ1) is 7.03. The van der Waals surface area contributed by atoms with Crippen LogP contribution in [0.15, 0.2) is 18.7 Å². The van der Waals surface area contributed by atoms with Crippen LogP contribution in [-0.4, -0.2) is 44.8 Å². The molecule has 1 aliphatic heterocycles. The van der Waals surface area contributed by atoms with Crippen LogP contribution < -0.4 is 0 Å². The van der Waals surface area contributed by atoms with E-state index in [1.54, 1.807) is 0 Å². The standard InChI is InChI=1S/C9H13FN2O3/c1-8(10)5-15-9(4-13,7(8)14)12-3-2-11-6-12/h2-3,6-7,13-14H,4-5H2,1H3. The molecule has 0 amide bonds. The second-order valence-electron chi connectivity index (χ2n) is 3.94. The van der Waals surface area contributed by atoms with Crippen LogP contribution in [0.25, 0.3) is 0 Å². The zero-order valence-electron chi connectivity index (χ0n) is 8.30. The molecule has 84 valence electrons. The van der Waals surface area contributed by atoms with Crippen LogP contribution in [0, 0.1) is 0 Å². The van der Waals surface area contributed by atoms with E-state index < -0.39 is 24.1 Å². The molecule has 0 aromatic carbocycles. The fraction of sp³-hybridized carbons (Fsp3) is 0.667. The quantitative estimate of drug-likeness (QED) is 0.709. The van der Waals surface area contributed by atoms with E-state index in [1.165, 1.54) is 30.2 Å². The number of imidazole rings is 1. The van der Waals surface area contributed by atoms with Crippen LogP contribution in [0.5, 0.6) is 0 Å². The van der Waals surface area contributed by atoms with Gasteiger partial charge in [0.2, 0.25) is 0 Å². The zero-order valence-corrected chi connectivity index (χ0v) is 8.30. The smallest absolute Gasteiger partial charge is 0.198 e. The molecule has 0 radical (unpaired) electrons. The summed E-state index contributed by atoms with van der Waals surface area (Å²) in [5.74, 6) is 0. The SMILES string of the molecule is CC1(F)COC(CO)(n2ccnc2)C1O. The number of ether oxygens (including phenoxy) is 1. The van der Waals surface area contributed by atoms with Crippen molar-refractivity contribution in [3.8, 4) is 0 Å². The molecule has 15 heavy (non-hydrogen) atoms. The molecule has 1 saturated heterocycles. The Kier molecular flexibility index (Phi) is 2.29. The highest BCUT2D eigenvalue weighted by Gasteiger charge is 2.57. The third kappa shape index (κ3) is 1.37. The minimum Gasteiger partial charge on any atom is -0.391 e. The van der Waals surface area contributed by atoms with Crippen molar-refractivity contribution in [2.75, 3.05) is 13.2 Å². The van der Waals surface area contributed by atoms with Crippen molar-refractivity contribution in [3.05, 3.63) is 18.7 Å². The van der Waals surface area contributed by atoms with Crippen LogP contribution >= 0.6 is 0 Å². The molecular formula is C9H13FN2O3. The van der Waals surface area contributed by atoms with E-state index in [-0.39, 0.29) is 6.61 Å². The zero-order chi connectivity index (χ0) is 11.1. The van der Waals surface area contributed by atoms with Gasteiger partial charge in [-0.15, -0.1) is 0 Å². The summed E-state index contributed by atoms with van der Waals surface area (Å²) in [5.41, 5.74) is -3.33. The minimum atomic E-state index is -1.87. The third-order valence-electron chi connectivity index (χ3n) is 2.77. The molecule has 1 aliphatic rings. The van der Waals surface area contributed by atoms with Gasteiger partial charge in [0.15, 0.2) is 11.4 Å². The lowest BCUT2D eigenvalue weighted by Gasteiger charge is -2.32. The lowest BCUT2D eigenvalue weighted by Crippen LogP contribution is -2.50. The third-order valence-corrected chi connectivity index (χ3v) is 2.77. The molecule has 1 fully saturated rings. The Morgan fingerprint density at radius 1 is 1.73 bits per heavy atom. The molecule has 1 aromatic heterocycles. The number of halogens is 1. The van der Waals surface area contributed by atoms with Gasteiger partial charge >= 0.3 is 0 Å². The number of hydrogen-bond acceptors (Lipinski definition) is 4. The highest BCUT2D eigenvalue weighted by Crippen LogP contribution is 2.39. The van der Waals surface area contributed by atoms with Gasteiger partial charge in [-0.1, -0.05) is 0 Å². The number of alkyl halides is 1. The predicted octanol–water partition coefficient (Wildman–Crippen LogP) is -0.353. The molecular weight excluding hydrogens is 203 g/mol. The average Bonchev–Trinajstić information content (AvgIpc) is 2.78. The predicted molar refractivity (Wildman–Crippen MR) is 48.8 cm³/mol. The van der Waals surface area contributed by atoms with E-state index >= 15 is 0 Å². The molecule has 0 bridgehead atoms. The highest BCUT2D eigenvalue weighted by molar-refractivity contribution is 5.03. The summed E-state index contributed by atoms with van der Waals surface area (Å²) in [5, 5.41) is 19.1. The van der Waals surface area contributed by atoms with Crippen molar-refractivity contribution in [1.29, 1.82) is 0 Å². The Morgan fingerprint density at radius 2 is 2.47 bits per heavy atom. The van der Waals surface area contributed by atoms with Crippen LogP contribution in [-0.2, 0) is 10.5 Å². The second kappa shape index (κ2) is 3.26. The Balaban J connectivity index is 2.40. The normalized spacial score (nSPS) is 40.9. The van der Waals surface area contributed by atoms with Crippen molar-refractivity contribution >= 4 is 0 Å². The van der Waals surface area contributed by atoms with E-state index in [0.717, 1.165) is 0 Å². The summed E-state index contributed by atoms with van der Waals surface area (Å²) in [6.45, 7) is 0.475. The van der Waals surface area contributed by atoms with E-state index in [9.17, 15) is 14.6 Å². The Hall–Kier alpha value is -0.980. The van der Waals surface area contributed by atoms with Gasteiger partial charge in [-0.05, 0) is 6.92 Å². The summed E-state index contributed by atoms with van der Waals surface area (Å²) in [6.07, 6.45) is 2.94. The first kappa shape index (κ1) is 10.5. The Bertz CT molecular complexity index is 341. The minimum absolute atomic E-state index is 0.257. The molecule has 0 spiro atoms. The number of nitrogens with zero attached hydrogens (tertiary/aromatic N) is 2. The summed E-state index contributed by atoms with van der Waals surface area (Å²) < 4.78 is 20.3. The molecule has 2 heterocycles. The van der Waals surface area contributed by atoms with E-state index in [4.69, 9.17) is 4.74 Å². The van der Waals surface area contributed by atoms with Crippen molar-refractivity contribution in [1.82, 2.24) is 9.55 Å². The molecule has 0 aliphatic carbocycles. The maximum absolute atomic E-state index is 13.8. The number of aromatic nitrogens is 2. The lowest BCUT2D eigenvalue weighted by atomic mass is 9.96.